The standard InChI is InChI=1S/C20H25N3O3/c1-2-25-19-11-16(20(24)23-10-4-6-17(23)12-21)7-8-18(19)26-14-15-5-3-9-22-13-15/h3,5,7-9,11,13,17H,2,4,6,10,12,14,21H2,1H3. The molecule has 6 nitrogen and oxygen atoms in total. The summed E-state index contributed by atoms with van der Waals surface area (Å²) in [5.74, 6) is 1.19. The van der Waals surface area contributed by atoms with Gasteiger partial charge in [-0.2, -0.15) is 0 Å². The van der Waals surface area contributed by atoms with Gasteiger partial charge in [-0.25, -0.2) is 0 Å². The Bertz CT molecular complexity index is 736. The normalized spacial score (nSPS) is 16.5. The molecule has 1 aromatic heterocycles. The number of rotatable bonds is 7. The number of carbonyl (C=O) groups is 1. The lowest BCUT2D eigenvalue weighted by Crippen LogP contribution is -2.39. The maximum atomic E-state index is 12.8. The van der Waals surface area contributed by atoms with E-state index in [0.29, 0.717) is 36.8 Å². The molecule has 1 saturated heterocycles. The molecule has 2 N–H and O–H groups in total. The van der Waals surface area contributed by atoms with Crippen LogP contribution >= 0.6 is 0 Å². The van der Waals surface area contributed by atoms with E-state index in [1.54, 1.807) is 30.6 Å². The highest BCUT2D eigenvalue weighted by molar-refractivity contribution is 5.95. The van der Waals surface area contributed by atoms with Gasteiger partial charge in [0.15, 0.2) is 11.5 Å². The molecule has 1 aromatic carbocycles. The number of amides is 1. The second-order valence-corrected chi connectivity index (χ2v) is 6.27. The van der Waals surface area contributed by atoms with E-state index in [9.17, 15) is 4.79 Å². The summed E-state index contributed by atoms with van der Waals surface area (Å²) in [5, 5.41) is 0. The largest absolute Gasteiger partial charge is 0.490 e. The van der Waals surface area contributed by atoms with E-state index in [2.05, 4.69) is 4.98 Å². The molecule has 1 fully saturated rings. The first-order chi connectivity index (χ1) is 12.7. The van der Waals surface area contributed by atoms with E-state index in [1.807, 2.05) is 24.0 Å². The van der Waals surface area contributed by atoms with Gasteiger partial charge >= 0.3 is 0 Å². The maximum absolute atomic E-state index is 12.8. The smallest absolute Gasteiger partial charge is 0.254 e. The lowest BCUT2D eigenvalue weighted by molar-refractivity contribution is 0.0740. The summed E-state index contributed by atoms with van der Waals surface area (Å²) in [5.41, 5.74) is 7.36. The fraction of sp³-hybridized carbons (Fsp3) is 0.400. The van der Waals surface area contributed by atoms with E-state index in [0.717, 1.165) is 24.9 Å². The third-order valence-electron chi connectivity index (χ3n) is 4.52. The molecule has 0 saturated carbocycles. The summed E-state index contributed by atoms with van der Waals surface area (Å²) < 4.78 is 11.6. The first kappa shape index (κ1) is 18.2. The first-order valence-corrected chi connectivity index (χ1v) is 9.02. The van der Waals surface area contributed by atoms with Gasteiger partial charge in [0.25, 0.3) is 5.91 Å². The average Bonchev–Trinajstić information content (AvgIpc) is 3.16. The molecule has 0 bridgehead atoms. The highest BCUT2D eigenvalue weighted by Gasteiger charge is 2.28. The second-order valence-electron chi connectivity index (χ2n) is 6.27. The topological polar surface area (TPSA) is 77.7 Å². The molecule has 6 heteroatoms. The van der Waals surface area contributed by atoms with Crippen LogP contribution < -0.4 is 15.2 Å². The van der Waals surface area contributed by atoms with Crippen LogP contribution in [0.3, 0.4) is 0 Å². The van der Waals surface area contributed by atoms with E-state index in [1.165, 1.54) is 0 Å². The maximum Gasteiger partial charge on any atom is 0.254 e. The van der Waals surface area contributed by atoms with Crippen LogP contribution in [0.1, 0.15) is 35.7 Å². The molecule has 3 rings (SSSR count). The summed E-state index contributed by atoms with van der Waals surface area (Å²) in [6, 6.07) is 9.28. The van der Waals surface area contributed by atoms with Crippen LogP contribution in [0.25, 0.3) is 0 Å². The van der Waals surface area contributed by atoms with Gasteiger partial charge in [-0.05, 0) is 44.0 Å². The first-order valence-electron chi connectivity index (χ1n) is 9.02. The number of hydrogen-bond donors (Lipinski definition) is 1. The zero-order valence-corrected chi connectivity index (χ0v) is 15.1. The van der Waals surface area contributed by atoms with Crippen molar-refractivity contribution in [3.8, 4) is 11.5 Å². The number of ether oxygens (including phenoxy) is 2. The number of pyridine rings is 1. The molecule has 1 aliphatic heterocycles. The third kappa shape index (κ3) is 4.14. The number of likely N-dealkylation sites (tertiary alicyclic amines) is 1. The summed E-state index contributed by atoms with van der Waals surface area (Å²) in [6.45, 7) is 4.04. The van der Waals surface area contributed by atoms with Gasteiger partial charge in [0, 0.05) is 42.7 Å². The van der Waals surface area contributed by atoms with Crippen molar-refractivity contribution in [1.29, 1.82) is 0 Å². The number of nitrogens with two attached hydrogens (primary N) is 1. The number of hydrogen-bond acceptors (Lipinski definition) is 5. The number of benzene rings is 1. The Labute approximate surface area is 153 Å². The zero-order valence-electron chi connectivity index (χ0n) is 15.1. The van der Waals surface area contributed by atoms with Gasteiger partial charge in [0.1, 0.15) is 6.61 Å². The number of nitrogens with zero attached hydrogens (tertiary/aromatic N) is 2. The monoisotopic (exact) mass is 355 g/mol. The van der Waals surface area contributed by atoms with Crippen LogP contribution in [-0.4, -0.2) is 41.5 Å². The molecule has 1 amide bonds. The SMILES string of the molecule is CCOc1cc(C(=O)N2CCCC2CN)ccc1OCc1cccnc1. The molecule has 26 heavy (non-hydrogen) atoms. The van der Waals surface area contributed by atoms with Gasteiger partial charge in [-0.1, -0.05) is 6.07 Å². The highest BCUT2D eigenvalue weighted by atomic mass is 16.5. The lowest BCUT2D eigenvalue weighted by Gasteiger charge is -2.24. The van der Waals surface area contributed by atoms with E-state index in [-0.39, 0.29) is 11.9 Å². The van der Waals surface area contributed by atoms with Crippen LogP contribution in [0.15, 0.2) is 42.7 Å². The predicted octanol–water partition coefficient (Wildman–Crippen LogP) is 2.62. The second kappa shape index (κ2) is 8.67. The van der Waals surface area contributed by atoms with Crippen LogP contribution in [0.4, 0.5) is 0 Å². The molecule has 138 valence electrons. The Kier molecular flexibility index (Phi) is 6.07. The van der Waals surface area contributed by atoms with Crippen molar-refractivity contribution in [2.24, 2.45) is 5.73 Å². The Morgan fingerprint density at radius 3 is 2.92 bits per heavy atom. The Morgan fingerprint density at radius 2 is 2.19 bits per heavy atom. The van der Waals surface area contributed by atoms with Crippen molar-refractivity contribution >= 4 is 5.91 Å². The summed E-state index contributed by atoms with van der Waals surface area (Å²) in [4.78, 5) is 18.8. The molecule has 2 aromatic rings. The average molecular weight is 355 g/mol. The molecular formula is C20H25N3O3. The number of aromatic nitrogens is 1. The molecule has 0 spiro atoms. The lowest BCUT2D eigenvalue weighted by atomic mass is 10.1. The molecule has 2 heterocycles. The van der Waals surface area contributed by atoms with Gasteiger partial charge in [0.05, 0.1) is 6.61 Å². The molecule has 1 unspecified atom stereocenters. The molecule has 0 aliphatic carbocycles. The summed E-state index contributed by atoms with van der Waals surface area (Å²) >= 11 is 0. The van der Waals surface area contributed by atoms with Crippen molar-refractivity contribution in [2.45, 2.75) is 32.4 Å². The quantitative estimate of drug-likeness (QED) is 0.826. The molecule has 1 aliphatic rings. The van der Waals surface area contributed by atoms with E-state index in [4.69, 9.17) is 15.2 Å². The molecular weight excluding hydrogens is 330 g/mol. The van der Waals surface area contributed by atoms with Crippen molar-refractivity contribution in [2.75, 3.05) is 19.7 Å². The minimum Gasteiger partial charge on any atom is -0.490 e. The summed E-state index contributed by atoms with van der Waals surface area (Å²) in [7, 11) is 0. The fourth-order valence-corrected chi connectivity index (χ4v) is 3.19. The van der Waals surface area contributed by atoms with Crippen LogP contribution in [-0.2, 0) is 6.61 Å². The van der Waals surface area contributed by atoms with Crippen molar-refractivity contribution in [1.82, 2.24) is 9.88 Å². The highest BCUT2D eigenvalue weighted by Crippen LogP contribution is 2.30. The van der Waals surface area contributed by atoms with Crippen LogP contribution in [0.5, 0.6) is 11.5 Å². The van der Waals surface area contributed by atoms with Crippen molar-refractivity contribution in [3.05, 3.63) is 53.9 Å². The van der Waals surface area contributed by atoms with E-state index >= 15 is 0 Å². The minimum atomic E-state index is -0.00212. The van der Waals surface area contributed by atoms with Crippen LogP contribution in [0, 0.1) is 0 Å². The van der Waals surface area contributed by atoms with Crippen molar-refractivity contribution < 1.29 is 14.3 Å². The van der Waals surface area contributed by atoms with Crippen molar-refractivity contribution in [3.63, 3.8) is 0 Å². The van der Waals surface area contributed by atoms with Gasteiger partial charge < -0.3 is 20.1 Å². The summed E-state index contributed by atoms with van der Waals surface area (Å²) in [6.07, 6.45) is 5.45. The molecule has 0 radical (unpaired) electrons. The Balaban J connectivity index is 1.76. The van der Waals surface area contributed by atoms with Gasteiger partial charge in [-0.15, -0.1) is 0 Å². The predicted molar refractivity (Wildman–Crippen MR) is 99.3 cm³/mol. The third-order valence-corrected chi connectivity index (χ3v) is 4.52. The van der Waals surface area contributed by atoms with Gasteiger partial charge in [0.2, 0.25) is 0 Å². The zero-order chi connectivity index (χ0) is 18.4. The van der Waals surface area contributed by atoms with E-state index < -0.39 is 0 Å². The minimum absolute atomic E-state index is 0.00212. The Hall–Kier alpha value is -2.60. The Morgan fingerprint density at radius 1 is 1.31 bits per heavy atom. The van der Waals surface area contributed by atoms with Crippen LogP contribution in [0.2, 0.25) is 0 Å². The van der Waals surface area contributed by atoms with Gasteiger partial charge in [-0.3, -0.25) is 9.78 Å². The molecule has 1 atom stereocenters. The fourth-order valence-electron chi connectivity index (χ4n) is 3.19. The number of carbonyl (C=O) groups excluding carboxylic acids is 1.